The number of amides is 1. The molecule has 1 amide bonds. The van der Waals surface area contributed by atoms with Gasteiger partial charge in [-0.2, -0.15) is 0 Å². The first-order valence-electron chi connectivity index (χ1n) is 24.4. The second-order valence-electron chi connectivity index (χ2n) is 19.0. The molecule has 12 heteroatoms. The third kappa shape index (κ3) is 13.2. The van der Waals surface area contributed by atoms with Gasteiger partial charge in [-0.3, -0.25) is 14.9 Å². The van der Waals surface area contributed by atoms with Crippen molar-refractivity contribution >= 4 is 17.3 Å². The molecule has 2 aromatic carbocycles. The van der Waals surface area contributed by atoms with Crippen molar-refractivity contribution in [3.8, 4) is 17.2 Å². The lowest BCUT2D eigenvalue weighted by Gasteiger charge is -2.60. The number of carbonyl (C=O) groups excluding carboxylic acids is 1. The van der Waals surface area contributed by atoms with E-state index in [9.17, 15) is 25.1 Å². The fourth-order valence-corrected chi connectivity index (χ4v) is 10.1. The summed E-state index contributed by atoms with van der Waals surface area (Å²) in [7, 11) is 0. The average Bonchev–Trinajstić information content (AvgIpc) is 3.27. The van der Waals surface area contributed by atoms with Crippen LogP contribution in [0.15, 0.2) is 71.9 Å². The number of benzene rings is 2. The molecule has 2 aromatic rings. The smallest absolute Gasteiger partial charge is 0.273 e. The van der Waals surface area contributed by atoms with E-state index in [0.29, 0.717) is 49.5 Å². The first kappa shape index (κ1) is 50.7. The highest BCUT2D eigenvalue weighted by atomic mass is 16.7. The zero-order valence-corrected chi connectivity index (χ0v) is 39.4. The van der Waals surface area contributed by atoms with E-state index in [1.807, 2.05) is 43.9 Å². The van der Waals surface area contributed by atoms with Crippen molar-refractivity contribution in [1.82, 2.24) is 4.90 Å². The predicted octanol–water partition coefficient (Wildman–Crippen LogP) is 12.0. The van der Waals surface area contributed by atoms with Gasteiger partial charge in [0.15, 0.2) is 0 Å². The van der Waals surface area contributed by atoms with E-state index in [-0.39, 0.29) is 49.2 Å². The highest BCUT2D eigenvalue weighted by molar-refractivity contribution is 6.03. The van der Waals surface area contributed by atoms with Gasteiger partial charge < -0.3 is 34.2 Å². The summed E-state index contributed by atoms with van der Waals surface area (Å²) in [6, 6.07) is 11.3. The number of rotatable bonds is 28. The van der Waals surface area contributed by atoms with Gasteiger partial charge in [-0.25, -0.2) is 0 Å². The van der Waals surface area contributed by atoms with Gasteiger partial charge in [0.2, 0.25) is 11.7 Å². The van der Waals surface area contributed by atoms with Crippen molar-refractivity contribution in [3.63, 3.8) is 0 Å². The molecule has 0 saturated heterocycles. The average molecular weight is 888 g/mol. The number of hydrogen-bond donors (Lipinski definition) is 2. The molecule has 1 saturated carbocycles. The second kappa shape index (κ2) is 24.9. The highest BCUT2D eigenvalue weighted by Crippen LogP contribution is 2.62. The molecule has 0 unspecified atom stereocenters. The molecule has 0 bridgehead atoms. The minimum Gasteiger partial charge on any atom is -0.459 e. The number of aliphatic hydroxyl groups is 2. The summed E-state index contributed by atoms with van der Waals surface area (Å²) in [5, 5.41) is 36.5. The monoisotopic (exact) mass is 888 g/mol. The maximum atomic E-state index is 14.8. The minimum atomic E-state index is -1.34. The summed E-state index contributed by atoms with van der Waals surface area (Å²) in [5.74, 6) is -0.347. The van der Waals surface area contributed by atoms with Gasteiger partial charge in [0.1, 0.15) is 28.9 Å². The molecule has 12 nitrogen and oxygen atoms in total. The van der Waals surface area contributed by atoms with Gasteiger partial charge in [-0.1, -0.05) is 101 Å². The quantitative estimate of drug-likeness (QED) is 0.0368. The molecule has 0 radical (unpaired) electrons. The molecule has 6 atom stereocenters. The van der Waals surface area contributed by atoms with Crippen LogP contribution < -0.4 is 9.47 Å². The molecule has 2 aliphatic carbocycles. The number of allylic oxidation sites excluding steroid dienone is 1. The van der Waals surface area contributed by atoms with Crippen molar-refractivity contribution in [2.45, 2.75) is 174 Å². The number of hydrogen-bond acceptors (Lipinski definition) is 10. The van der Waals surface area contributed by atoms with Crippen LogP contribution in [0.1, 0.15) is 162 Å². The molecule has 2 N–H and O–H groups in total. The van der Waals surface area contributed by atoms with Gasteiger partial charge in [0.05, 0.1) is 29.2 Å². The number of fused-ring (bicyclic) bond motifs is 2. The van der Waals surface area contributed by atoms with Crippen LogP contribution in [-0.4, -0.2) is 75.5 Å². The lowest BCUT2D eigenvalue weighted by Crippen LogP contribution is -2.70. The number of nitrogens with zero attached hydrogens (tertiary/aromatic N) is 3. The normalized spacial score (nSPS) is 23.1. The number of nitro groups is 1. The largest absolute Gasteiger partial charge is 0.459 e. The van der Waals surface area contributed by atoms with E-state index >= 15 is 0 Å². The van der Waals surface area contributed by atoms with Crippen molar-refractivity contribution in [2.75, 3.05) is 26.4 Å². The number of ether oxygens (including phenoxy) is 3. The standard InChI is InChI=1S/C52H77N3O9/c1-7-10-11-12-13-14-15-16-17-27-48(58)54(30-8-2)47-37-45(53-64-51(4,5)6)43-34-38(23-18-20-31-56)42(26-19-21-32-57)49-44-36-41(62-40-25-22-24-39(35-40)55(59)60)28-29-46(44)63-52(47,50(43)49)61-33-9-3/h9,22,24-25,28-29,34-36,38,42,47,49-50,56-57H,3,7-8,10-21,23,26-27,30-33,37H2,1-2,4-6H3/t38-,42+,47-,49+,50+,52+/m0/s1. The van der Waals surface area contributed by atoms with E-state index in [0.717, 1.165) is 68.2 Å². The minimum absolute atomic E-state index is 0.0437. The Morgan fingerprint density at radius 2 is 1.62 bits per heavy atom. The summed E-state index contributed by atoms with van der Waals surface area (Å²) < 4.78 is 20.9. The lowest BCUT2D eigenvalue weighted by molar-refractivity contribution is -0.384. The van der Waals surface area contributed by atoms with Gasteiger partial charge in [0, 0.05) is 50.1 Å². The molecule has 0 aromatic heterocycles. The van der Waals surface area contributed by atoms with E-state index < -0.39 is 28.3 Å². The number of nitro benzene ring substituents is 1. The van der Waals surface area contributed by atoms with Crippen LogP contribution in [0.4, 0.5) is 5.69 Å². The number of aliphatic hydroxyl groups excluding tert-OH is 2. The summed E-state index contributed by atoms with van der Waals surface area (Å²) in [5.41, 5.74) is 2.00. The van der Waals surface area contributed by atoms with E-state index in [4.69, 9.17) is 24.2 Å². The molecule has 1 heterocycles. The molecule has 354 valence electrons. The Morgan fingerprint density at radius 3 is 2.28 bits per heavy atom. The van der Waals surface area contributed by atoms with Crippen molar-refractivity contribution in [3.05, 3.63) is 82.4 Å². The Labute approximate surface area is 382 Å². The van der Waals surface area contributed by atoms with Gasteiger partial charge in [0.25, 0.3) is 5.69 Å². The summed E-state index contributed by atoms with van der Waals surface area (Å²) in [6.45, 7) is 15.2. The van der Waals surface area contributed by atoms with Gasteiger partial charge >= 0.3 is 0 Å². The first-order chi connectivity index (χ1) is 30.9. The summed E-state index contributed by atoms with van der Waals surface area (Å²) in [6.07, 6.45) is 20.6. The number of unbranched alkanes of at least 4 members (excludes halogenated alkanes) is 10. The number of oxime groups is 1. The Kier molecular flexibility index (Phi) is 19.7. The van der Waals surface area contributed by atoms with Crippen LogP contribution in [0.25, 0.3) is 0 Å². The number of non-ortho nitro benzene ring substituents is 1. The van der Waals surface area contributed by atoms with Crippen molar-refractivity contribution < 1.29 is 39.0 Å². The lowest BCUT2D eigenvalue weighted by atomic mass is 9.55. The molecular formula is C52H77N3O9. The molecule has 0 spiro atoms. The number of carbonyl (C=O) groups is 1. The van der Waals surface area contributed by atoms with Crippen LogP contribution in [-0.2, 0) is 14.4 Å². The maximum Gasteiger partial charge on any atom is 0.273 e. The summed E-state index contributed by atoms with van der Waals surface area (Å²) in [4.78, 5) is 34.3. The fourth-order valence-electron chi connectivity index (χ4n) is 10.1. The highest BCUT2D eigenvalue weighted by Gasteiger charge is 2.65. The summed E-state index contributed by atoms with van der Waals surface area (Å²) >= 11 is 0. The van der Waals surface area contributed by atoms with Crippen LogP contribution in [0.5, 0.6) is 17.2 Å². The first-order valence-corrected chi connectivity index (χ1v) is 24.4. The molecule has 3 aliphatic rings. The third-order valence-electron chi connectivity index (χ3n) is 13.0. The molecule has 5 rings (SSSR count). The Balaban J connectivity index is 1.66. The Morgan fingerprint density at radius 1 is 0.938 bits per heavy atom. The van der Waals surface area contributed by atoms with Crippen LogP contribution >= 0.6 is 0 Å². The Hall–Kier alpha value is -4.26. The Bertz CT molecular complexity index is 1870. The van der Waals surface area contributed by atoms with E-state index in [1.54, 1.807) is 18.2 Å². The molecule has 1 aliphatic heterocycles. The van der Waals surface area contributed by atoms with Crippen molar-refractivity contribution in [1.29, 1.82) is 0 Å². The van der Waals surface area contributed by atoms with Crippen LogP contribution in [0.3, 0.4) is 0 Å². The van der Waals surface area contributed by atoms with E-state index in [2.05, 4.69) is 26.5 Å². The SMILES string of the molecule is C=CCO[C@@]12Oc3ccc(Oc4cccc([N+](=O)[O-])c4)cc3[C@H]3[C@H](CCCCO)[C@@H](CCCCO)C=C(C(=NOC(C)(C)C)C[C@@H]1N(CCC)C(=O)CCCCCCCCCCC)[C@H]32. The molecule has 1 fully saturated rings. The van der Waals surface area contributed by atoms with Gasteiger partial charge in [-0.05, 0) is 101 Å². The fraction of sp³-hybridized carbons (Fsp3) is 0.654. The third-order valence-corrected chi connectivity index (χ3v) is 13.0. The predicted molar refractivity (Wildman–Crippen MR) is 253 cm³/mol. The topological polar surface area (TPSA) is 153 Å². The van der Waals surface area contributed by atoms with Crippen LogP contribution in [0, 0.1) is 27.9 Å². The van der Waals surface area contributed by atoms with Crippen molar-refractivity contribution in [2.24, 2.45) is 22.9 Å². The van der Waals surface area contributed by atoms with Crippen LogP contribution in [0.2, 0.25) is 0 Å². The zero-order valence-electron chi connectivity index (χ0n) is 39.4. The van der Waals surface area contributed by atoms with Gasteiger partial charge in [-0.15, -0.1) is 6.58 Å². The molecule has 64 heavy (non-hydrogen) atoms. The molecular weight excluding hydrogens is 811 g/mol. The zero-order chi connectivity index (χ0) is 46.1. The van der Waals surface area contributed by atoms with E-state index in [1.165, 1.54) is 50.7 Å². The maximum absolute atomic E-state index is 14.8. The second-order valence-corrected chi connectivity index (χ2v) is 19.0.